The van der Waals surface area contributed by atoms with E-state index in [0.717, 1.165) is 41.5 Å². The molecule has 1 saturated heterocycles. The third-order valence-corrected chi connectivity index (χ3v) is 7.28. The Bertz CT molecular complexity index is 900. The van der Waals surface area contributed by atoms with Crippen molar-refractivity contribution >= 4 is 46.1 Å². The molecule has 9 nitrogen and oxygen atoms in total. The molecule has 0 spiro atoms. The van der Waals surface area contributed by atoms with Crippen LogP contribution >= 0.6 is 22.6 Å². The summed E-state index contributed by atoms with van der Waals surface area (Å²) in [5, 5.41) is 20.2. The fourth-order valence-electron chi connectivity index (χ4n) is 4.56. The lowest BCUT2D eigenvalue weighted by molar-refractivity contribution is 0.471. The molecular weight excluding hydrogens is 531 g/mol. The lowest BCUT2D eigenvalue weighted by atomic mass is 10.0. The molecule has 1 aliphatic heterocycles. The van der Waals surface area contributed by atoms with Crippen molar-refractivity contribution in [3.8, 4) is 5.75 Å². The summed E-state index contributed by atoms with van der Waals surface area (Å²) in [7, 11) is 0. The van der Waals surface area contributed by atoms with E-state index in [2.05, 4.69) is 71.3 Å². The molecule has 2 atom stereocenters. The highest BCUT2D eigenvalue weighted by molar-refractivity contribution is 14.1. The van der Waals surface area contributed by atoms with Crippen LogP contribution < -0.4 is 26.8 Å². The number of aromatic hydroxyl groups is 1. The van der Waals surface area contributed by atoms with Gasteiger partial charge in [0.15, 0.2) is 0 Å². The van der Waals surface area contributed by atoms with Gasteiger partial charge in [-0.15, -0.1) is 0 Å². The van der Waals surface area contributed by atoms with Crippen LogP contribution in [0.1, 0.15) is 64.7 Å². The summed E-state index contributed by atoms with van der Waals surface area (Å²) in [4.78, 5) is 13.9. The molecule has 2 fully saturated rings. The second-order valence-electron chi connectivity index (χ2n) is 8.92. The molecule has 6 N–H and O–H groups in total. The smallest absolute Gasteiger partial charge is 0.243 e. The summed E-state index contributed by atoms with van der Waals surface area (Å²) in [6, 6.07) is 6.42. The van der Waals surface area contributed by atoms with E-state index in [1.165, 1.54) is 32.1 Å². The SMILES string of the molecule is CCC(Nc1nc(NNC2CCCCCC2)nc(Nc2ccc(O)c(I)c2)n1)C1CCCN1. The van der Waals surface area contributed by atoms with Crippen LogP contribution in [-0.2, 0) is 0 Å². The molecular formula is C23H35IN8O. The van der Waals surface area contributed by atoms with E-state index in [1.807, 2.05) is 12.1 Å². The van der Waals surface area contributed by atoms with Crippen LogP contribution in [0.15, 0.2) is 18.2 Å². The van der Waals surface area contributed by atoms with Crippen LogP contribution in [0.5, 0.6) is 5.75 Å². The Balaban J connectivity index is 1.52. The minimum absolute atomic E-state index is 0.250. The Morgan fingerprint density at radius 2 is 1.79 bits per heavy atom. The van der Waals surface area contributed by atoms with Gasteiger partial charge in [0.05, 0.1) is 3.57 Å². The highest BCUT2D eigenvalue weighted by atomic mass is 127. The van der Waals surface area contributed by atoms with Gasteiger partial charge in [-0.25, -0.2) is 5.43 Å². The number of benzene rings is 1. The Labute approximate surface area is 209 Å². The topological polar surface area (TPSA) is 119 Å². The van der Waals surface area contributed by atoms with Crippen molar-refractivity contribution in [2.75, 3.05) is 22.6 Å². The Morgan fingerprint density at radius 1 is 1.03 bits per heavy atom. The summed E-state index contributed by atoms with van der Waals surface area (Å²) in [5.74, 6) is 1.74. The normalized spacial score (nSPS) is 20.2. The predicted molar refractivity (Wildman–Crippen MR) is 141 cm³/mol. The quantitative estimate of drug-likeness (QED) is 0.113. The number of nitrogens with zero attached hydrogens (tertiary/aromatic N) is 3. The van der Waals surface area contributed by atoms with Crippen LogP contribution in [0.2, 0.25) is 0 Å². The fourth-order valence-corrected chi connectivity index (χ4v) is 5.08. The van der Waals surface area contributed by atoms with Crippen molar-refractivity contribution < 1.29 is 5.11 Å². The molecule has 2 aromatic rings. The molecule has 180 valence electrons. The number of hydrogen-bond donors (Lipinski definition) is 6. The van der Waals surface area contributed by atoms with Gasteiger partial charge in [0, 0.05) is 23.8 Å². The first-order valence-electron chi connectivity index (χ1n) is 12.1. The minimum atomic E-state index is 0.250. The van der Waals surface area contributed by atoms with Gasteiger partial charge in [0.1, 0.15) is 5.75 Å². The first-order valence-corrected chi connectivity index (χ1v) is 13.2. The number of anilines is 4. The summed E-state index contributed by atoms with van der Waals surface area (Å²) in [6.45, 7) is 3.24. The average molecular weight is 566 g/mol. The second-order valence-corrected chi connectivity index (χ2v) is 10.1. The van der Waals surface area contributed by atoms with E-state index in [9.17, 15) is 5.11 Å². The first-order chi connectivity index (χ1) is 16.1. The maximum Gasteiger partial charge on any atom is 0.243 e. The van der Waals surface area contributed by atoms with Gasteiger partial charge in [-0.05, 0) is 79.4 Å². The monoisotopic (exact) mass is 566 g/mol. The molecule has 0 bridgehead atoms. The van der Waals surface area contributed by atoms with Crippen LogP contribution in [0.3, 0.4) is 0 Å². The zero-order valence-electron chi connectivity index (χ0n) is 19.2. The molecule has 1 aliphatic carbocycles. The van der Waals surface area contributed by atoms with Crippen molar-refractivity contribution in [2.45, 2.75) is 82.8 Å². The van der Waals surface area contributed by atoms with Gasteiger partial charge in [-0.3, -0.25) is 5.43 Å². The molecule has 2 aliphatic rings. The van der Waals surface area contributed by atoms with E-state index in [1.54, 1.807) is 6.07 Å². The summed E-state index contributed by atoms with van der Waals surface area (Å²) < 4.78 is 0.761. The number of phenols is 1. The summed E-state index contributed by atoms with van der Waals surface area (Å²) >= 11 is 2.10. The third-order valence-electron chi connectivity index (χ3n) is 6.42. The molecule has 10 heteroatoms. The second kappa shape index (κ2) is 12.0. The van der Waals surface area contributed by atoms with Crippen molar-refractivity contribution in [3.63, 3.8) is 0 Å². The van der Waals surface area contributed by atoms with Crippen LogP contribution in [0.25, 0.3) is 0 Å². The molecule has 1 saturated carbocycles. The number of hydrazine groups is 1. The summed E-state index contributed by atoms with van der Waals surface area (Å²) in [5.41, 5.74) is 7.48. The molecule has 33 heavy (non-hydrogen) atoms. The predicted octanol–water partition coefficient (Wildman–Crippen LogP) is 4.51. The van der Waals surface area contributed by atoms with Gasteiger partial charge >= 0.3 is 0 Å². The molecule has 4 rings (SSSR count). The lowest BCUT2D eigenvalue weighted by Gasteiger charge is -2.24. The molecule has 2 heterocycles. The molecule has 0 radical (unpaired) electrons. The van der Waals surface area contributed by atoms with E-state index in [-0.39, 0.29) is 11.8 Å². The third kappa shape index (κ3) is 7.03. The standard InChI is InChI=1S/C23H35IN8O/c1-2-18(19-10-7-13-25-19)27-22-28-21(26-16-11-12-20(33)17(24)14-16)29-23(30-22)32-31-15-8-5-3-4-6-9-15/h11-12,14-15,18-19,25,31,33H,2-10,13H2,1H3,(H3,26,27,28,29,30,32). The number of nitrogens with one attached hydrogen (secondary N) is 5. The maximum atomic E-state index is 9.83. The Hall–Kier alpha value is -1.92. The van der Waals surface area contributed by atoms with Gasteiger partial charge in [-0.2, -0.15) is 15.0 Å². The Morgan fingerprint density at radius 3 is 2.48 bits per heavy atom. The van der Waals surface area contributed by atoms with Crippen molar-refractivity contribution in [2.24, 2.45) is 0 Å². The van der Waals surface area contributed by atoms with Crippen molar-refractivity contribution in [3.05, 3.63) is 21.8 Å². The lowest BCUT2D eigenvalue weighted by Crippen LogP contribution is -2.40. The van der Waals surface area contributed by atoms with Crippen LogP contribution in [0, 0.1) is 3.57 Å². The zero-order valence-corrected chi connectivity index (χ0v) is 21.4. The fraction of sp³-hybridized carbons (Fsp3) is 0.609. The van der Waals surface area contributed by atoms with Crippen molar-refractivity contribution in [1.29, 1.82) is 0 Å². The minimum Gasteiger partial charge on any atom is -0.507 e. The first kappa shape index (κ1) is 24.2. The van der Waals surface area contributed by atoms with E-state index < -0.39 is 0 Å². The van der Waals surface area contributed by atoms with E-state index in [0.29, 0.717) is 29.9 Å². The summed E-state index contributed by atoms with van der Waals surface area (Å²) in [6.07, 6.45) is 10.8. The molecule has 1 aromatic heterocycles. The van der Waals surface area contributed by atoms with Gasteiger partial charge in [-0.1, -0.05) is 32.6 Å². The van der Waals surface area contributed by atoms with Crippen molar-refractivity contribution in [1.82, 2.24) is 25.7 Å². The number of halogens is 1. The highest BCUT2D eigenvalue weighted by Crippen LogP contribution is 2.25. The maximum absolute atomic E-state index is 9.83. The Kier molecular flexibility index (Phi) is 8.79. The number of hydrogen-bond acceptors (Lipinski definition) is 9. The molecule has 0 amide bonds. The van der Waals surface area contributed by atoms with Crippen LogP contribution in [-0.4, -0.2) is 44.7 Å². The van der Waals surface area contributed by atoms with E-state index in [4.69, 9.17) is 0 Å². The zero-order chi connectivity index (χ0) is 23.0. The molecule has 2 unspecified atom stereocenters. The number of aromatic nitrogens is 3. The average Bonchev–Trinajstić information content (AvgIpc) is 3.22. The number of rotatable bonds is 9. The van der Waals surface area contributed by atoms with Gasteiger partial charge < -0.3 is 21.1 Å². The van der Waals surface area contributed by atoms with E-state index >= 15 is 0 Å². The van der Waals surface area contributed by atoms with Gasteiger partial charge in [0.25, 0.3) is 0 Å². The molecule has 1 aromatic carbocycles. The largest absolute Gasteiger partial charge is 0.507 e. The van der Waals surface area contributed by atoms with Gasteiger partial charge in [0.2, 0.25) is 17.8 Å². The highest BCUT2D eigenvalue weighted by Gasteiger charge is 2.24. The number of phenolic OH excluding ortho intramolecular Hbond substituents is 1. The van der Waals surface area contributed by atoms with Crippen LogP contribution in [0.4, 0.5) is 23.5 Å².